The first-order chi connectivity index (χ1) is 9.89. The van der Waals surface area contributed by atoms with Crippen LogP contribution in [0.3, 0.4) is 0 Å². The van der Waals surface area contributed by atoms with Crippen LogP contribution in [0, 0.1) is 5.41 Å². The summed E-state index contributed by atoms with van der Waals surface area (Å²) in [5.41, 5.74) is 2.72. The molecule has 0 N–H and O–H groups in total. The Morgan fingerprint density at radius 1 is 1.24 bits per heavy atom. The van der Waals surface area contributed by atoms with Gasteiger partial charge in [0.1, 0.15) is 0 Å². The predicted molar refractivity (Wildman–Crippen MR) is 81.9 cm³/mol. The monoisotopic (exact) mass is 283 g/mol. The quantitative estimate of drug-likeness (QED) is 0.847. The average molecular weight is 283 g/mol. The summed E-state index contributed by atoms with van der Waals surface area (Å²) in [5, 5.41) is 4.71. The number of hydrogen-bond acceptors (Lipinski definition) is 3. The molecule has 0 aliphatic heterocycles. The van der Waals surface area contributed by atoms with Crippen LogP contribution >= 0.6 is 0 Å². The first kappa shape index (κ1) is 14.0. The fourth-order valence-corrected chi connectivity index (χ4v) is 3.05. The van der Waals surface area contributed by atoms with Crippen molar-refractivity contribution in [3.63, 3.8) is 0 Å². The summed E-state index contributed by atoms with van der Waals surface area (Å²) >= 11 is 0. The van der Waals surface area contributed by atoms with E-state index in [9.17, 15) is 4.79 Å². The van der Waals surface area contributed by atoms with Crippen LogP contribution < -0.4 is 0 Å². The molecule has 110 valence electrons. The topological polar surface area (TPSA) is 47.8 Å². The maximum absolute atomic E-state index is 12.6. The van der Waals surface area contributed by atoms with Crippen molar-refractivity contribution in [1.82, 2.24) is 14.8 Å². The molecule has 0 saturated heterocycles. The number of pyridine rings is 1. The van der Waals surface area contributed by atoms with Gasteiger partial charge in [-0.25, -0.2) is 9.67 Å². The van der Waals surface area contributed by atoms with E-state index in [4.69, 9.17) is 5.10 Å². The van der Waals surface area contributed by atoms with Crippen LogP contribution in [0.25, 0.3) is 5.82 Å². The molecule has 4 heteroatoms. The molecule has 3 rings (SSSR count). The smallest absolute Gasteiger partial charge is 0.167 e. The van der Waals surface area contributed by atoms with Crippen molar-refractivity contribution in [3.05, 3.63) is 41.3 Å². The van der Waals surface area contributed by atoms with Crippen LogP contribution in [0.15, 0.2) is 24.4 Å². The largest absolute Gasteiger partial charge is 0.294 e. The molecule has 0 saturated carbocycles. The summed E-state index contributed by atoms with van der Waals surface area (Å²) in [7, 11) is 0. The van der Waals surface area contributed by atoms with Crippen LogP contribution in [0.2, 0.25) is 0 Å². The Morgan fingerprint density at radius 2 is 2.00 bits per heavy atom. The Morgan fingerprint density at radius 3 is 2.62 bits per heavy atom. The zero-order chi connectivity index (χ0) is 15.2. The highest BCUT2D eigenvalue weighted by Gasteiger charge is 2.37. The summed E-state index contributed by atoms with van der Waals surface area (Å²) in [6, 6.07) is 5.77. The van der Waals surface area contributed by atoms with E-state index in [1.807, 2.05) is 22.9 Å². The molecule has 4 nitrogen and oxygen atoms in total. The molecule has 1 aliphatic rings. The first-order valence-corrected chi connectivity index (χ1v) is 7.45. The minimum absolute atomic E-state index is 0.0229. The number of carbonyl (C=O) groups excluding carboxylic acids is 1. The second kappa shape index (κ2) is 4.79. The van der Waals surface area contributed by atoms with Gasteiger partial charge in [-0.05, 0) is 29.9 Å². The highest BCUT2D eigenvalue weighted by molar-refractivity contribution is 6.00. The number of aromatic nitrogens is 3. The summed E-state index contributed by atoms with van der Waals surface area (Å²) < 4.78 is 1.86. The van der Waals surface area contributed by atoms with Crippen molar-refractivity contribution in [2.24, 2.45) is 5.41 Å². The molecule has 1 aliphatic carbocycles. The second-order valence-electron chi connectivity index (χ2n) is 6.90. The number of Topliss-reactive ketones (excluding diaryl/α,β-unsaturated/α-hetero) is 1. The number of rotatable bonds is 2. The lowest BCUT2D eigenvalue weighted by atomic mass is 9.75. The van der Waals surface area contributed by atoms with E-state index >= 15 is 0 Å². The third kappa shape index (κ3) is 2.39. The maximum atomic E-state index is 12.6. The Kier molecular flexibility index (Phi) is 3.19. The third-order valence-corrected chi connectivity index (χ3v) is 3.99. The van der Waals surface area contributed by atoms with Crippen molar-refractivity contribution >= 4 is 5.78 Å². The van der Waals surface area contributed by atoms with E-state index in [1.165, 1.54) is 0 Å². The molecule has 21 heavy (non-hydrogen) atoms. The number of ketones is 1. The van der Waals surface area contributed by atoms with Gasteiger partial charge >= 0.3 is 0 Å². The molecule has 0 aromatic carbocycles. The van der Waals surface area contributed by atoms with Crippen molar-refractivity contribution < 1.29 is 4.79 Å². The van der Waals surface area contributed by atoms with Crippen LogP contribution in [0.5, 0.6) is 0 Å². The minimum Gasteiger partial charge on any atom is -0.294 e. The molecule has 0 atom stereocenters. The molecular weight excluding hydrogens is 262 g/mol. The third-order valence-electron chi connectivity index (χ3n) is 3.99. The van der Waals surface area contributed by atoms with Crippen LogP contribution in [-0.4, -0.2) is 20.5 Å². The minimum atomic E-state index is -0.0229. The van der Waals surface area contributed by atoms with Crippen molar-refractivity contribution in [2.75, 3.05) is 0 Å². The molecular formula is C17H21N3O. The van der Waals surface area contributed by atoms with Gasteiger partial charge in [0, 0.05) is 12.6 Å². The van der Waals surface area contributed by atoms with Crippen LogP contribution in [0.4, 0.5) is 0 Å². The number of hydrogen-bond donors (Lipinski definition) is 0. The van der Waals surface area contributed by atoms with E-state index in [1.54, 1.807) is 6.20 Å². The molecule has 2 aromatic heterocycles. The lowest BCUT2D eigenvalue weighted by molar-refractivity contribution is 0.0909. The summed E-state index contributed by atoms with van der Waals surface area (Å²) in [6.07, 6.45) is 3.20. The van der Waals surface area contributed by atoms with Gasteiger partial charge in [-0.1, -0.05) is 33.8 Å². The fraction of sp³-hybridized carbons (Fsp3) is 0.471. The zero-order valence-electron chi connectivity index (χ0n) is 13.1. The molecule has 0 amide bonds. The molecule has 0 spiro atoms. The van der Waals surface area contributed by atoms with Crippen LogP contribution in [-0.2, 0) is 6.42 Å². The van der Waals surface area contributed by atoms with Gasteiger partial charge in [0.05, 0.1) is 17.0 Å². The van der Waals surface area contributed by atoms with Crippen molar-refractivity contribution in [2.45, 2.75) is 46.5 Å². The van der Waals surface area contributed by atoms with E-state index in [-0.39, 0.29) is 17.1 Å². The Balaban J connectivity index is 2.24. The van der Waals surface area contributed by atoms with Gasteiger partial charge in [-0.2, -0.15) is 5.10 Å². The molecule has 0 unspecified atom stereocenters. The van der Waals surface area contributed by atoms with Gasteiger partial charge in [0.25, 0.3) is 0 Å². The zero-order valence-corrected chi connectivity index (χ0v) is 13.1. The van der Waals surface area contributed by atoms with Gasteiger partial charge in [0.15, 0.2) is 11.6 Å². The highest BCUT2D eigenvalue weighted by Crippen LogP contribution is 2.38. The number of nitrogens with zero attached hydrogens (tertiary/aromatic N) is 3. The highest BCUT2D eigenvalue weighted by atomic mass is 16.1. The van der Waals surface area contributed by atoms with Crippen molar-refractivity contribution in [3.8, 4) is 5.82 Å². The van der Waals surface area contributed by atoms with E-state index in [0.717, 1.165) is 29.2 Å². The lowest BCUT2D eigenvalue weighted by Gasteiger charge is -2.29. The molecule has 0 fully saturated rings. The Bertz CT molecular complexity index is 684. The SMILES string of the molecule is CC(C)c1nn(-c2ccccn2)c2c1C(=O)CC(C)(C)C2. The summed E-state index contributed by atoms with van der Waals surface area (Å²) in [4.78, 5) is 17.0. The molecule has 0 radical (unpaired) electrons. The van der Waals surface area contributed by atoms with E-state index in [2.05, 4.69) is 32.7 Å². The summed E-state index contributed by atoms with van der Waals surface area (Å²) in [6.45, 7) is 8.44. The molecule has 0 bridgehead atoms. The molecule has 2 aromatic rings. The first-order valence-electron chi connectivity index (χ1n) is 7.45. The van der Waals surface area contributed by atoms with Crippen LogP contribution in [0.1, 0.15) is 61.8 Å². The predicted octanol–water partition coefficient (Wildman–Crippen LogP) is 3.55. The Hall–Kier alpha value is -1.97. The second-order valence-corrected chi connectivity index (χ2v) is 6.90. The normalized spacial score (nSPS) is 17.1. The van der Waals surface area contributed by atoms with Gasteiger partial charge in [-0.3, -0.25) is 4.79 Å². The van der Waals surface area contributed by atoms with E-state index in [0.29, 0.717) is 6.42 Å². The fourth-order valence-electron chi connectivity index (χ4n) is 3.05. The van der Waals surface area contributed by atoms with E-state index < -0.39 is 0 Å². The number of carbonyl (C=O) groups is 1. The van der Waals surface area contributed by atoms with Crippen molar-refractivity contribution in [1.29, 1.82) is 0 Å². The summed E-state index contributed by atoms with van der Waals surface area (Å²) in [5.74, 6) is 1.23. The maximum Gasteiger partial charge on any atom is 0.167 e. The molecule has 2 heterocycles. The van der Waals surface area contributed by atoms with Gasteiger partial charge < -0.3 is 0 Å². The average Bonchev–Trinajstić information content (AvgIpc) is 2.78. The number of fused-ring (bicyclic) bond motifs is 1. The standard InChI is InChI=1S/C17H21N3O/c1-11(2)16-15-12(9-17(3,4)10-13(15)21)20(19-16)14-7-5-6-8-18-14/h5-8,11H,9-10H2,1-4H3. The van der Waals surface area contributed by atoms with Gasteiger partial charge in [-0.15, -0.1) is 0 Å². The Labute approximate surface area is 125 Å². The lowest BCUT2D eigenvalue weighted by Crippen LogP contribution is -2.28. The van der Waals surface area contributed by atoms with Gasteiger partial charge in [0.2, 0.25) is 0 Å².